The van der Waals surface area contributed by atoms with Crippen molar-refractivity contribution in [3.63, 3.8) is 0 Å². The van der Waals surface area contributed by atoms with Crippen molar-refractivity contribution in [2.75, 3.05) is 0 Å². The first-order valence-corrected chi connectivity index (χ1v) is 11.3. The van der Waals surface area contributed by atoms with Gasteiger partial charge in [0.15, 0.2) is 15.5 Å². The van der Waals surface area contributed by atoms with E-state index in [0.29, 0.717) is 20.0 Å². The number of aromatic carboxylic acids is 1. The molecular formula is C18H19NO4S3. The number of thiazole rings is 1. The Kier molecular flexibility index (Phi) is 4.94. The normalized spacial score (nSPS) is 12.2. The van der Waals surface area contributed by atoms with Crippen molar-refractivity contribution < 1.29 is 18.3 Å². The number of carboxylic acid groups (broad SMARTS) is 1. The van der Waals surface area contributed by atoms with Crippen LogP contribution in [0.1, 0.15) is 51.3 Å². The quantitative estimate of drug-likeness (QED) is 0.656. The average molecular weight is 410 g/mol. The van der Waals surface area contributed by atoms with Gasteiger partial charge in [-0.05, 0) is 48.4 Å². The Labute approximate surface area is 160 Å². The van der Waals surface area contributed by atoms with Crippen LogP contribution in [0.25, 0.3) is 10.1 Å². The molecule has 0 fully saturated rings. The zero-order valence-corrected chi connectivity index (χ0v) is 17.3. The monoisotopic (exact) mass is 409 g/mol. The summed E-state index contributed by atoms with van der Waals surface area (Å²) in [6.45, 7) is 7.66. The molecule has 0 amide bonds. The third-order valence-corrected chi connectivity index (χ3v) is 8.98. The average Bonchev–Trinajstić information content (AvgIpc) is 3.07. The van der Waals surface area contributed by atoms with Crippen LogP contribution < -0.4 is 0 Å². The molecule has 138 valence electrons. The number of aromatic nitrogens is 1. The Balaban J connectivity index is 2.03. The van der Waals surface area contributed by atoms with Gasteiger partial charge in [-0.3, -0.25) is 0 Å². The van der Waals surface area contributed by atoms with E-state index in [-0.39, 0.29) is 11.4 Å². The number of rotatable bonds is 5. The van der Waals surface area contributed by atoms with Gasteiger partial charge in [0.2, 0.25) is 0 Å². The van der Waals surface area contributed by atoms with E-state index < -0.39 is 15.8 Å². The van der Waals surface area contributed by atoms with E-state index in [4.69, 9.17) is 5.11 Å². The molecule has 8 heteroatoms. The van der Waals surface area contributed by atoms with Crippen LogP contribution in [-0.2, 0) is 15.6 Å². The number of benzene rings is 1. The molecule has 0 radical (unpaired) electrons. The van der Waals surface area contributed by atoms with Crippen LogP contribution in [0.4, 0.5) is 0 Å². The fourth-order valence-corrected chi connectivity index (χ4v) is 7.20. The lowest BCUT2D eigenvalue weighted by atomic mass is 10.0. The second kappa shape index (κ2) is 6.75. The second-order valence-electron chi connectivity index (χ2n) is 6.50. The number of fused-ring (bicyclic) bond motifs is 1. The van der Waals surface area contributed by atoms with E-state index in [1.807, 2.05) is 19.1 Å². The van der Waals surface area contributed by atoms with Gasteiger partial charge in [0.05, 0.1) is 0 Å². The highest BCUT2D eigenvalue weighted by atomic mass is 32.2. The van der Waals surface area contributed by atoms with Crippen LogP contribution in [0.3, 0.4) is 0 Å². The molecular weight excluding hydrogens is 390 g/mol. The number of hydrogen-bond acceptors (Lipinski definition) is 6. The number of nitrogens with zero attached hydrogens (tertiary/aromatic N) is 1. The van der Waals surface area contributed by atoms with Crippen molar-refractivity contribution in [1.29, 1.82) is 0 Å². The lowest BCUT2D eigenvalue weighted by Crippen LogP contribution is -2.05. The third-order valence-electron chi connectivity index (χ3n) is 4.22. The summed E-state index contributed by atoms with van der Waals surface area (Å²) in [7, 11) is -3.59. The molecule has 2 heterocycles. The Morgan fingerprint density at radius 1 is 1.23 bits per heavy atom. The first kappa shape index (κ1) is 19.0. The Morgan fingerprint density at radius 3 is 2.50 bits per heavy atom. The van der Waals surface area contributed by atoms with E-state index >= 15 is 0 Å². The topological polar surface area (TPSA) is 84.3 Å². The summed E-state index contributed by atoms with van der Waals surface area (Å²) in [5.74, 6) is -1.05. The van der Waals surface area contributed by atoms with Crippen molar-refractivity contribution >= 4 is 48.6 Å². The fraction of sp³-hybridized carbons (Fsp3) is 0.333. The smallest absolute Gasteiger partial charge is 0.355 e. The van der Waals surface area contributed by atoms with Crippen molar-refractivity contribution in [3.05, 3.63) is 44.9 Å². The number of carboxylic acids is 1. The lowest BCUT2D eigenvalue weighted by Gasteiger charge is -2.05. The summed E-state index contributed by atoms with van der Waals surface area (Å²) in [6.07, 6.45) is 0. The largest absolute Gasteiger partial charge is 0.476 e. The number of hydrogen-bond donors (Lipinski definition) is 1. The van der Waals surface area contributed by atoms with E-state index in [1.54, 1.807) is 6.92 Å². The minimum absolute atomic E-state index is 0.0742. The fourth-order valence-electron chi connectivity index (χ4n) is 2.81. The first-order valence-electron chi connectivity index (χ1n) is 8.05. The molecule has 0 aliphatic carbocycles. The zero-order valence-electron chi connectivity index (χ0n) is 14.9. The molecule has 0 saturated carbocycles. The van der Waals surface area contributed by atoms with Crippen molar-refractivity contribution in [3.8, 4) is 0 Å². The zero-order chi connectivity index (χ0) is 19.2. The molecule has 0 spiro atoms. The molecule has 3 rings (SSSR count). The SMILES string of the molecule is Cc1sc(CS(=O)(=O)c2sc3ccc(C(C)C)cc3c2C)nc1C(=O)O. The summed E-state index contributed by atoms with van der Waals surface area (Å²) >= 11 is 2.38. The van der Waals surface area contributed by atoms with E-state index in [9.17, 15) is 13.2 Å². The highest BCUT2D eigenvalue weighted by Crippen LogP contribution is 2.37. The van der Waals surface area contributed by atoms with Gasteiger partial charge >= 0.3 is 5.97 Å². The molecule has 0 atom stereocenters. The lowest BCUT2D eigenvalue weighted by molar-refractivity contribution is 0.0690. The van der Waals surface area contributed by atoms with Gasteiger partial charge in [-0.25, -0.2) is 18.2 Å². The molecule has 2 aromatic heterocycles. The van der Waals surface area contributed by atoms with E-state index in [0.717, 1.165) is 27.0 Å². The number of sulfone groups is 1. The molecule has 1 aromatic carbocycles. The molecule has 26 heavy (non-hydrogen) atoms. The highest BCUT2D eigenvalue weighted by molar-refractivity contribution is 7.93. The predicted molar refractivity (Wildman–Crippen MR) is 105 cm³/mol. The minimum Gasteiger partial charge on any atom is -0.476 e. The summed E-state index contributed by atoms with van der Waals surface area (Å²) in [6, 6.07) is 6.06. The van der Waals surface area contributed by atoms with Crippen LogP contribution in [0.2, 0.25) is 0 Å². The maximum absolute atomic E-state index is 12.9. The molecule has 1 N–H and O–H groups in total. The molecule has 0 saturated heterocycles. The van der Waals surface area contributed by atoms with Gasteiger partial charge in [0, 0.05) is 9.58 Å². The standard InChI is InChI=1S/C18H19NO4S3/c1-9(2)12-5-6-14-13(7-12)10(3)18(25-14)26(22,23)8-15-19-16(17(20)21)11(4)24-15/h5-7,9H,8H2,1-4H3,(H,20,21). The van der Waals surface area contributed by atoms with Crippen molar-refractivity contribution in [1.82, 2.24) is 4.98 Å². The van der Waals surface area contributed by atoms with Gasteiger partial charge in [0.25, 0.3) is 0 Å². The number of thiophene rings is 1. The maximum Gasteiger partial charge on any atom is 0.355 e. The molecule has 0 aliphatic rings. The van der Waals surface area contributed by atoms with Gasteiger partial charge in [0.1, 0.15) is 15.0 Å². The Hall–Kier alpha value is -1.77. The summed E-state index contributed by atoms with van der Waals surface area (Å²) in [4.78, 5) is 15.6. The van der Waals surface area contributed by atoms with E-state index in [2.05, 4.69) is 24.9 Å². The first-order chi connectivity index (χ1) is 12.1. The Morgan fingerprint density at radius 2 is 1.92 bits per heavy atom. The van der Waals surface area contributed by atoms with E-state index in [1.165, 1.54) is 16.9 Å². The number of aryl methyl sites for hydroxylation is 2. The molecule has 5 nitrogen and oxygen atoms in total. The minimum atomic E-state index is -3.59. The summed E-state index contributed by atoms with van der Waals surface area (Å²) < 4.78 is 27.1. The van der Waals surface area contributed by atoms with Gasteiger partial charge in [-0.1, -0.05) is 19.9 Å². The van der Waals surface area contributed by atoms with Crippen LogP contribution in [0.15, 0.2) is 22.4 Å². The Bertz CT molecular complexity index is 1110. The van der Waals surface area contributed by atoms with Crippen LogP contribution >= 0.6 is 22.7 Å². The van der Waals surface area contributed by atoms with Crippen molar-refractivity contribution in [2.24, 2.45) is 0 Å². The molecule has 0 bridgehead atoms. The van der Waals surface area contributed by atoms with Crippen LogP contribution in [0.5, 0.6) is 0 Å². The van der Waals surface area contributed by atoms with Gasteiger partial charge in [-0.15, -0.1) is 22.7 Å². The summed E-state index contributed by atoms with van der Waals surface area (Å²) in [5, 5.41) is 10.4. The molecule has 0 unspecified atom stereocenters. The van der Waals surface area contributed by atoms with Crippen LogP contribution in [0, 0.1) is 13.8 Å². The number of carbonyl (C=O) groups is 1. The summed E-state index contributed by atoms with van der Waals surface area (Å²) in [5.41, 5.74) is 1.85. The van der Waals surface area contributed by atoms with Crippen LogP contribution in [-0.4, -0.2) is 24.5 Å². The molecule has 0 aliphatic heterocycles. The molecule has 3 aromatic rings. The maximum atomic E-state index is 12.9. The highest BCUT2D eigenvalue weighted by Gasteiger charge is 2.25. The second-order valence-corrected chi connectivity index (χ2v) is 11.0. The van der Waals surface area contributed by atoms with Gasteiger partial charge in [-0.2, -0.15) is 0 Å². The van der Waals surface area contributed by atoms with Crippen molar-refractivity contribution in [2.45, 2.75) is 43.6 Å². The van der Waals surface area contributed by atoms with Gasteiger partial charge < -0.3 is 5.11 Å². The predicted octanol–water partition coefficient (Wildman–Crippen LogP) is 4.77. The third kappa shape index (κ3) is 3.41.